The second-order valence-electron chi connectivity index (χ2n) is 3.11. The Labute approximate surface area is 89.6 Å². The van der Waals surface area contributed by atoms with Crippen molar-refractivity contribution in [1.29, 1.82) is 0 Å². The molecule has 3 N–H and O–H groups in total. The van der Waals surface area contributed by atoms with Gasteiger partial charge in [-0.3, -0.25) is 0 Å². The summed E-state index contributed by atoms with van der Waals surface area (Å²) < 4.78 is 10.6. The molecule has 0 aliphatic rings. The number of aliphatic hydroxyl groups is 1. The van der Waals surface area contributed by atoms with E-state index in [4.69, 9.17) is 15.2 Å². The molecule has 0 saturated heterocycles. The topological polar surface area (TPSA) is 64.7 Å². The van der Waals surface area contributed by atoms with Gasteiger partial charge in [-0.1, -0.05) is 6.07 Å². The molecule has 1 rings (SSSR count). The van der Waals surface area contributed by atoms with Crippen molar-refractivity contribution in [3.8, 4) is 11.5 Å². The second-order valence-corrected chi connectivity index (χ2v) is 3.11. The zero-order chi connectivity index (χ0) is 11.1. The summed E-state index contributed by atoms with van der Waals surface area (Å²) in [7, 11) is 0. The predicted molar refractivity (Wildman–Crippen MR) is 58.2 cm³/mol. The average molecular weight is 211 g/mol. The maximum absolute atomic E-state index is 9.21. The molecule has 0 aromatic heterocycles. The van der Waals surface area contributed by atoms with E-state index in [1.807, 2.05) is 25.1 Å². The van der Waals surface area contributed by atoms with Crippen LogP contribution in [0.1, 0.15) is 6.92 Å². The molecule has 15 heavy (non-hydrogen) atoms. The van der Waals surface area contributed by atoms with Gasteiger partial charge in [0.2, 0.25) is 0 Å². The summed E-state index contributed by atoms with van der Waals surface area (Å²) >= 11 is 0. The van der Waals surface area contributed by atoms with E-state index in [1.54, 1.807) is 6.07 Å². The summed E-state index contributed by atoms with van der Waals surface area (Å²) in [5.74, 6) is 1.44. The van der Waals surface area contributed by atoms with Gasteiger partial charge in [0, 0.05) is 12.6 Å². The minimum absolute atomic E-state index is 0.200. The fraction of sp³-hybridized carbons (Fsp3) is 0.455. The summed E-state index contributed by atoms with van der Waals surface area (Å²) in [6.07, 6.45) is -0.624. The van der Waals surface area contributed by atoms with Crippen molar-refractivity contribution in [2.75, 3.05) is 19.8 Å². The fourth-order valence-electron chi connectivity index (χ4n) is 1.08. The summed E-state index contributed by atoms with van der Waals surface area (Å²) in [4.78, 5) is 0. The molecule has 0 aliphatic carbocycles. The first-order valence-electron chi connectivity index (χ1n) is 5.00. The second kappa shape index (κ2) is 6.27. The molecular formula is C11H17NO3. The number of hydrogen-bond acceptors (Lipinski definition) is 4. The molecule has 1 aromatic rings. The third-order valence-electron chi connectivity index (χ3n) is 1.83. The van der Waals surface area contributed by atoms with Crippen LogP contribution in [0.2, 0.25) is 0 Å². The molecule has 0 spiro atoms. The minimum Gasteiger partial charge on any atom is -0.494 e. The predicted octanol–water partition coefficient (Wildman–Crippen LogP) is 0.784. The van der Waals surface area contributed by atoms with Gasteiger partial charge < -0.3 is 20.3 Å². The molecule has 1 atom stereocenters. The first-order valence-corrected chi connectivity index (χ1v) is 5.00. The molecule has 0 bridgehead atoms. The maximum atomic E-state index is 9.21. The Balaban J connectivity index is 2.50. The first kappa shape index (κ1) is 11.8. The lowest BCUT2D eigenvalue weighted by atomic mass is 10.3. The summed E-state index contributed by atoms with van der Waals surface area (Å²) in [5.41, 5.74) is 5.26. The van der Waals surface area contributed by atoms with Crippen LogP contribution in [0.25, 0.3) is 0 Å². The Morgan fingerprint density at radius 3 is 2.60 bits per heavy atom. The summed E-state index contributed by atoms with van der Waals surface area (Å²) in [6, 6.07) is 7.30. The highest BCUT2D eigenvalue weighted by atomic mass is 16.5. The number of hydrogen-bond donors (Lipinski definition) is 2. The molecule has 84 valence electrons. The van der Waals surface area contributed by atoms with Gasteiger partial charge >= 0.3 is 0 Å². The van der Waals surface area contributed by atoms with Crippen LogP contribution in [0, 0.1) is 0 Å². The molecule has 0 aliphatic heterocycles. The highest BCUT2D eigenvalue weighted by Crippen LogP contribution is 2.19. The third-order valence-corrected chi connectivity index (χ3v) is 1.83. The number of nitrogens with two attached hydrogens (primary N) is 1. The molecule has 4 nitrogen and oxygen atoms in total. The monoisotopic (exact) mass is 211 g/mol. The van der Waals surface area contributed by atoms with E-state index in [1.165, 1.54) is 0 Å². The molecule has 0 radical (unpaired) electrons. The molecule has 1 aromatic carbocycles. The summed E-state index contributed by atoms with van der Waals surface area (Å²) in [5, 5.41) is 9.21. The van der Waals surface area contributed by atoms with E-state index in [0.717, 1.165) is 5.75 Å². The van der Waals surface area contributed by atoms with E-state index in [0.29, 0.717) is 12.4 Å². The fourth-order valence-corrected chi connectivity index (χ4v) is 1.08. The minimum atomic E-state index is -0.624. The van der Waals surface area contributed by atoms with Gasteiger partial charge in [0.25, 0.3) is 0 Å². The van der Waals surface area contributed by atoms with E-state index in [-0.39, 0.29) is 13.2 Å². The SMILES string of the molecule is CCOc1cccc(OCC(O)CN)c1. The lowest BCUT2D eigenvalue weighted by Gasteiger charge is -2.11. The van der Waals surface area contributed by atoms with Crippen molar-refractivity contribution in [3.05, 3.63) is 24.3 Å². The smallest absolute Gasteiger partial charge is 0.123 e. The van der Waals surface area contributed by atoms with Crippen molar-refractivity contribution in [3.63, 3.8) is 0 Å². The number of rotatable bonds is 6. The first-order chi connectivity index (χ1) is 7.26. The molecule has 1 unspecified atom stereocenters. The highest BCUT2D eigenvalue weighted by molar-refractivity contribution is 5.32. The van der Waals surface area contributed by atoms with Gasteiger partial charge in [0.05, 0.1) is 6.61 Å². The number of ether oxygens (including phenoxy) is 2. The van der Waals surface area contributed by atoms with Crippen molar-refractivity contribution in [1.82, 2.24) is 0 Å². The van der Waals surface area contributed by atoms with Crippen molar-refractivity contribution >= 4 is 0 Å². The Morgan fingerprint density at radius 2 is 2.00 bits per heavy atom. The average Bonchev–Trinajstić information content (AvgIpc) is 2.27. The zero-order valence-electron chi connectivity index (χ0n) is 8.85. The standard InChI is InChI=1S/C11H17NO3/c1-2-14-10-4-3-5-11(6-10)15-8-9(13)7-12/h3-6,9,13H,2,7-8,12H2,1H3. The van der Waals surface area contributed by atoms with Crippen molar-refractivity contribution in [2.45, 2.75) is 13.0 Å². The Hall–Kier alpha value is -1.26. The van der Waals surface area contributed by atoms with E-state index >= 15 is 0 Å². The van der Waals surface area contributed by atoms with E-state index < -0.39 is 6.10 Å². The van der Waals surface area contributed by atoms with E-state index in [9.17, 15) is 5.11 Å². The highest BCUT2D eigenvalue weighted by Gasteiger charge is 2.02. The lowest BCUT2D eigenvalue weighted by Crippen LogP contribution is -2.26. The molecule has 0 fully saturated rings. The van der Waals surface area contributed by atoms with Crippen LogP contribution in [0.15, 0.2) is 24.3 Å². The number of benzene rings is 1. The Morgan fingerprint density at radius 1 is 1.33 bits per heavy atom. The molecule has 0 saturated carbocycles. The van der Waals surface area contributed by atoms with Crippen molar-refractivity contribution < 1.29 is 14.6 Å². The molecule has 0 heterocycles. The van der Waals surface area contributed by atoms with Crippen LogP contribution in [-0.4, -0.2) is 31.0 Å². The number of aliphatic hydroxyl groups excluding tert-OH is 1. The van der Waals surface area contributed by atoms with Gasteiger partial charge in [-0.05, 0) is 19.1 Å². The van der Waals surface area contributed by atoms with Crippen LogP contribution in [0.4, 0.5) is 0 Å². The van der Waals surface area contributed by atoms with Gasteiger partial charge in [0.1, 0.15) is 24.2 Å². The third kappa shape index (κ3) is 4.18. The lowest BCUT2D eigenvalue weighted by molar-refractivity contribution is 0.114. The molecule has 4 heteroatoms. The largest absolute Gasteiger partial charge is 0.494 e. The van der Waals surface area contributed by atoms with Crippen LogP contribution >= 0.6 is 0 Å². The van der Waals surface area contributed by atoms with Crippen LogP contribution in [-0.2, 0) is 0 Å². The van der Waals surface area contributed by atoms with Crippen LogP contribution < -0.4 is 15.2 Å². The quantitative estimate of drug-likeness (QED) is 0.730. The molecule has 0 amide bonds. The Bertz CT molecular complexity index is 291. The van der Waals surface area contributed by atoms with Gasteiger partial charge in [-0.2, -0.15) is 0 Å². The normalized spacial score (nSPS) is 12.2. The summed E-state index contributed by atoms with van der Waals surface area (Å²) in [6.45, 7) is 2.94. The zero-order valence-corrected chi connectivity index (χ0v) is 8.85. The maximum Gasteiger partial charge on any atom is 0.123 e. The Kier molecular flexibility index (Phi) is 4.93. The van der Waals surface area contributed by atoms with Crippen molar-refractivity contribution in [2.24, 2.45) is 5.73 Å². The van der Waals surface area contributed by atoms with Gasteiger partial charge in [-0.25, -0.2) is 0 Å². The molecular weight excluding hydrogens is 194 g/mol. The van der Waals surface area contributed by atoms with E-state index in [2.05, 4.69) is 0 Å². The van der Waals surface area contributed by atoms with Crippen LogP contribution in [0.5, 0.6) is 11.5 Å². The van der Waals surface area contributed by atoms with Crippen LogP contribution in [0.3, 0.4) is 0 Å². The van der Waals surface area contributed by atoms with Gasteiger partial charge in [0.15, 0.2) is 0 Å². The van der Waals surface area contributed by atoms with Gasteiger partial charge in [-0.15, -0.1) is 0 Å².